The summed E-state index contributed by atoms with van der Waals surface area (Å²) in [5.74, 6) is 1.50. The first kappa shape index (κ1) is 16.0. The molecule has 23 heavy (non-hydrogen) atoms. The number of hydrogen-bond acceptors (Lipinski definition) is 4. The molecule has 2 heterocycles. The maximum atomic E-state index is 6.07. The molecule has 0 amide bonds. The fraction of sp³-hybridized carbons (Fsp3) is 0.421. The summed E-state index contributed by atoms with van der Waals surface area (Å²) in [6, 6.07) is 10.4. The van der Waals surface area contributed by atoms with E-state index in [0.717, 1.165) is 45.1 Å². The zero-order chi connectivity index (χ0) is 15.9. The van der Waals surface area contributed by atoms with Gasteiger partial charge in [0.1, 0.15) is 5.75 Å². The van der Waals surface area contributed by atoms with Crippen LogP contribution in [0.2, 0.25) is 0 Å². The Morgan fingerprint density at radius 3 is 3.04 bits per heavy atom. The minimum Gasteiger partial charge on any atom is -0.493 e. The quantitative estimate of drug-likeness (QED) is 0.853. The van der Waals surface area contributed by atoms with Crippen LogP contribution in [0.1, 0.15) is 23.1 Å². The van der Waals surface area contributed by atoms with Gasteiger partial charge in [0.25, 0.3) is 0 Å². The second kappa shape index (κ2) is 8.09. The molecule has 0 unspecified atom stereocenters. The Hall–Kier alpha value is -1.91. The topological polar surface area (TPSA) is 43.4 Å². The number of aromatic nitrogens is 1. The predicted molar refractivity (Wildman–Crippen MR) is 90.4 cm³/mol. The molecule has 3 rings (SSSR count). The van der Waals surface area contributed by atoms with Crippen molar-refractivity contribution in [3.05, 3.63) is 59.4 Å². The van der Waals surface area contributed by atoms with Crippen LogP contribution in [0.3, 0.4) is 0 Å². The van der Waals surface area contributed by atoms with Crippen LogP contribution in [0.4, 0.5) is 0 Å². The standard InChI is InChI=1S/C19H24N2O2/c1-15-4-5-18(12-21-11-16-3-2-7-20-10-16)19(9-15)23-14-17-6-8-22-13-17/h2-5,7,9-10,17,21H,6,8,11-14H2,1H3/t17-/m1/s1. The third-order valence-electron chi connectivity index (χ3n) is 4.09. The first-order valence-electron chi connectivity index (χ1n) is 8.21. The molecule has 0 aliphatic carbocycles. The summed E-state index contributed by atoms with van der Waals surface area (Å²) in [7, 11) is 0. The van der Waals surface area contributed by atoms with Crippen molar-refractivity contribution in [3.63, 3.8) is 0 Å². The van der Waals surface area contributed by atoms with Crippen LogP contribution in [0.15, 0.2) is 42.7 Å². The van der Waals surface area contributed by atoms with Gasteiger partial charge < -0.3 is 14.8 Å². The molecule has 0 saturated carbocycles. The second-order valence-corrected chi connectivity index (χ2v) is 6.12. The molecule has 1 saturated heterocycles. The number of hydrogen-bond donors (Lipinski definition) is 1. The van der Waals surface area contributed by atoms with E-state index in [2.05, 4.69) is 41.5 Å². The molecule has 2 aromatic rings. The van der Waals surface area contributed by atoms with E-state index in [1.807, 2.05) is 12.3 Å². The lowest BCUT2D eigenvalue weighted by molar-refractivity contribution is 0.166. The van der Waals surface area contributed by atoms with Crippen molar-refractivity contribution >= 4 is 0 Å². The number of aryl methyl sites for hydroxylation is 1. The lowest BCUT2D eigenvalue weighted by atomic mass is 10.1. The first-order valence-corrected chi connectivity index (χ1v) is 8.21. The highest BCUT2D eigenvalue weighted by Crippen LogP contribution is 2.22. The van der Waals surface area contributed by atoms with E-state index in [1.165, 1.54) is 16.7 Å². The molecule has 1 aromatic carbocycles. The highest BCUT2D eigenvalue weighted by molar-refractivity contribution is 5.37. The van der Waals surface area contributed by atoms with Gasteiger partial charge in [-0.1, -0.05) is 18.2 Å². The van der Waals surface area contributed by atoms with Crippen LogP contribution < -0.4 is 10.1 Å². The predicted octanol–water partition coefficient (Wildman–Crippen LogP) is 3.10. The maximum absolute atomic E-state index is 6.07. The van der Waals surface area contributed by atoms with Gasteiger partial charge in [0.05, 0.1) is 13.2 Å². The zero-order valence-electron chi connectivity index (χ0n) is 13.6. The van der Waals surface area contributed by atoms with E-state index in [4.69, 9.17) is 9.47 Å². The monoisotopic (exact) mass is 312 g/mol. The summed E-state index contributed by atoms with van der Waals surface area (Å²) < 4.78 is 11.5. The average molecular weight is 312 g/mol. The number of benzene rings is 1. The van der Waals surface area contributed by atoms with Crippen molar-refractivity contribution < 1.29 is 9.47 Å². The summed E-state index contributed by atoms with van der Waals surface area (Å²) in [6.45, 7) is 6.10. The molecular weight excluding hydrogens is 288 g/mol. The summed E-state index contributed by atoms with van der Waals surface area (Å²) in [5, 5.41) is 3.46. The molecule has 122 valence electrons. The molecule has 4 nitrogen and oxygen atoms in total. The Morgan fingerprint density at radius 2 is 2.26 bits per heavy atom. The summed E-state index contributed by atoms with van der Waals surface area (Å²) in [6.07, 6.45) is 4.78. The van der Waals surface area contributed by atoms with Crippen molar-refractivity contribution in [2.45, 2.75) is 26.4 Å². The Bertz CT molecular complexity index is 610. The zero-order valence-corrected chi connectivity index (χ0v) is 13.6. The second-order valence-electron chi connectivity index (χ2n) is 6.12. The Balaban J connectivity index is 1.56. The number of ether oxygens (including phenoxy) is 2. The van der Waals surface area contributed by atoms with Gasteiger partial charge in [0.2, 0.25) is 0 Å². The van der Waals surface area contributed by atoms with E-state index in [9.17, 15) is 0 Å². The van der Waals surface area contributed by atoms with Crippen LogP contribution in [-0.2, 0) is 17.8 Å². The highest BCUT2D eigenvalue weighted by Gasteiger charge is 2.17. The van der Waals surface area contributed by atoms with Gasteiger partial charge in [-0.25, -0.2) is 0 Å². The van der Waals surface area contributed by atoms with Gasteiger partial charge in [-0.3, -0.25) is 4.98 Å². The third kappa shape index (κ3) is 4.78. The van der Waals surface area contributed by atoms with Crippen LogP contribution in [-0.4, -0.2) is 24.8 Å². The molecule has 0 bridgehead atoms. The largest absolute Gasteiger partial charge is 0.493 e. The smallest absolute Gasteiger partial charge is 0.124 e. The van der Waals surface area contributed by atoms with E-state index in [1.54, 1.807) is 6.20 Å². The van der Waals surface area contributed by atoms with Crippen molar-refractivity contribution in [1.29, 1.82) is 0 Å². The van der Waals surface area contributed by atoms with E-state index in [0.29, 0.717) is 5.92 Å². The Morgan fingerprint density at radius 1 is 1.30 bits per heavy atom. The maximum Gasteiger partial charge on any atom is 0.124 e. The van der Waals surface area contributed by atoms with Crippen LogP contribution >= 0.6 is 0 Å². The lowest BCUT2D eigenvalue weighted by Gasteiger charge is -2.15. The normalized spacial score (nSPS) is 17.3. The number of nitrogens with one attached hydrogen (secondary N) is 1. The first-order chi connectivity index (χ1) is 11.3. The van der Waals surface area contributed by atoms with E-state index < -0.39 is 0 Å². The summed E-state index contributed by atoms with van der Waals surface area (Å²) >= 11 is 0. The van der Waals surface area contributed by atoms with Crippen molar-refractivity contribution in [2.75, 3.05) is 19.8 Å². The number of rotatable bonds is 7. The van der Waals surface area contributed by atoms with Gasteiger partial charge in [0, 0.05) is 43.6 Å². The molecule has 1 N–H and O–H groups in total. The summed E-state index contributed by atoms with van der Waals surface area (Å²) in [5.41, 5.74) is 3.60. The van der Waals surface area contributed by atoms with E-state index >= 15 is 0 Å². The van der Waals surface area contributed by atoms with Crippen LogP contribution in [0.25, 0.3) is 0 Å². The average Bonchev–Trinajstić information content (AvgIpc) is 3.09. The van der Waals surface area contributed by atoms with Crippen LogP contribution in [0, 0.1) is 12.8 Å². The lowest BCUT2D eigenvalue weighted by Crippen LogP contribution is -2.16. The third-order valence-corrected chi connectivity index (χ3v) is 4.09. The SMILES string of the molecule is Cc1ccc(CNCc2cccnc2)c(OC[C@@H]2CCOC2)c1. The molecule has 0 spiro atoms. The Kier molecular flexibility index (Phi) is 5.61. The van der Waals surface area contributed by atoms with Crippen molar-refractivity contribution in [3.8, 4) is 5.75 Å². The van der Waals surface area contributed by atoms with E-state index in [-0.39, 0.29) is 0 Å². The molecule has 0 radical (unpaired) electrons. The number of nitrogens with zero attached hydrogens (tertiary/aromatic N) is 1. The minimum absolute atomic E-state index is 0.520. The fourth-order valence-corrected chi connectivity index (χ4v) is 2.71. The molecule has 4 heteroatoms. The fourth-order valence-electron chi connectivity index (χ4n) is 2.71. The van der Waals surface area contributed by atoms with Gasteiger partial charge in [0.15, 0.2) is 0 Å². The minimum atomic E-state index is 0.520. The van der Waals surface area contributed by atoms with Gasteiger partial charge in [-0.2, -0.15) is 0 Å². The Labute approximate surface area is 137 Å². The molecule has 1 aliphatic rings. The molecular formula is C19H24N2O2. The molecule has 1 atom stereocenters. The highest BCUT2D eigenvalue weighted by atomic mass is 16.5. The van der Waals surface area contributed by atoms with Crippen LogP contribution in [0.5, 0.6) is 5.75 Å². The number of pyridine rings is 1. The molecule has 1 fully saturated rings. The van der Waals surface area contributed by atoms with Crippen molar-refractivity contribution in [2.24, 2.45) is 5.92 Å². The van der Waals surface area contributed by atoms with Crippen molar-refractivity contribution in [1.82, 2.24) is 10.3 Å². The van der Waals surface area contributed by atoms with Gasteiger partial charge in [-0.05, 0) is 36.6 Å². The molecule has 1 aliphatic heterocycles. The van der Waals surface area contributed by atoms with Gasteiger partial charge in [-0.15, -0.1) is 0 Å². The molecule has 1 aromatic heterocycles. The summed E-state index contributed by atoms with van der Waals surface area (Å²) in [4.78, 5) is 4.14. The van der Waals surface area contributed by atoms with Gasteiger partial charge >= 0.3 is 0 Å².